The minimum Gasteiger partial charge on any atom is -0.494 e. The summed E-state index contributed by atoms with van der Waals surface area (Å²) in [6.45, 7) is 6.79. The molecule has 1 fully saturated rings. The second-order valence-electron chi connectivity index (χ2n) is 9.49. The first-order valence-electron chi connectivity index (χ1n) is 13.1. The molecule has 1 aliphatic heterocycles. The zero-order valence-corrected chi connectivity index (χ0v) is 23.6. The molecular formula is C31H35ClO5S. The second kappa shape index (κ2) is 13.5. The van der Waals surface area contributed by atoms with E-state index in [9.17, 15) is 9.90 Å². The van der Waals surface area contributed by atoms with Crippen LogP contribution in [0.15, 0.2) is 71.6 Å². The molecule has 0 aromatic heterocycles. The van der Waals surface area contributed by atoms with Crippen LogP contribution in [0.1, 0.15) is 60.3 Å². The highest BCUT2D eigenvalue weighted by Crippen LogP contribution is 2.38. The Morgan fingerprint density at radius 1 is 1.05 bits per heavy atom. The molecule has 3 aromatic carbocycles. The first-order chi connectivity index (χ1) is 18.4. The highest BCUT2D eigenvalue weighted by molar-refractivity contribution is 7.99. The molecule has 7 heteroatoms. The van der Waals surface area contributed by atoms with E-state index in [0.717, 1.165) is 27.3 Å². The minimum absolute atomic E-state index is 0.00757. The Labute approximate surface area is 234 Å². The normalized spacial score (nSPS) is 21.2. The van der Waals surface area contributed by atoms with Crippen molar-refractivity contribution in [3.63, 3.8) is 0 Å². The van der Waals surface area contributed by atoms with Crippen molar-refractivity contribution in [3.05, 3.63) is 94.0 Å². The number of aliphatic hydroxyl groups is 1. The summed E-state index contributed by atoms with van der Waals surface area (Å²) < 4.78 is 17.1. The van der Waals surface area contributed by atoms with Crippen molar-refractivity contribution in [2.45, 2.75) is 56.8 Å². The Bertz CT molecular complexity index is 1200. The van der Waals surface area contributed by atoms with Gasteiger partial charge in [-0.25, -0.2) is 4.79 Å². The third-order valence-electron chi connectivity index (χ3n) is 6.84. The average Bonchev–Trinajstić information content (AvgIpc) is 2.92. The number of hydrogen-bond donors (Lipinski definition) is 1. The maximum Gasteiger partial charge on any atom is 0.338 e. The summed E-state index contributed by atoms with van der Waals surface area (Å²) >= 11 is 8.22. The third kappa shape index (κ3) is 7.32. The molecule has 0 aliphatic carbocycles. The van der Waals surface area contributed by atoms with Gasteiger partial charge in [-0.1, -0.05) is 42.8 Å². The highest BCUT2D eigenvalue weighted by atomic mass is 35.5. The monoisotopic (exact) mass is 554 g/mol. The van der Waals surface area contributed by atoms with E-state index < -0.39 is 6.10 Å². The number of esters is 1. The van der Waals surface area contributed by atoms with Crippen LogP contribution in [0.5, 0.6) is 5.75 Å². The van der Waals surface area contributed by atoms with Crippen LogP contribution in [0, 0.1) is 5.92 Å². The molecule has 202 valence electrons. The van der Waals surface area contributed by atoms with Gasteiger partial charge in [-0.3, -0.25) is 0 Å². The van der Waals surface area contributed by atoms with Gasteiger partial charge < -0.3 is 19.3 Å². The van der Waals surface area contributed by atoms with Gasteiger partial charge in [0, 0.05) is 28.0 Å². The SMILES string of the molecule is CCOC(=O)c1ccc(SCC2OC(c3ccc(Cl)c(Cc4ccc(OCC)cc4)c3)CC(O)C2C)cc1. The number of halogens is 1. The summed E-state index contributed by atoms with van der Waals surface area (Å²) in [5.74, 6) is 1.24. The first-order valence-corrected chi connectivity index (χ1v) is 14.5. The Morgan fingerprint density at radius 2 is 1.79 bits per heavy atom. The molecule has 4 rings (SSSR count). The Hall–Kier alpha value is -2.51. The van der Waals surface area contributed by atoms with E-state index in [4.69, 9.17) is 25.8 Å². The molecule has 0 saturated carbocycles. The fourth-order valence-electron chi connectivity index (χ4n) is 4.58. The maximum absolute atomic E-state index is 11.9. The Balaban J connectivity index is 1.42. The number of carbonyl (C=O) groups excluding carboxylic acids is 1. The van der Waals surface area contributed by atoms with Crippen LogP contribution in [0.3, 0.4) is 0 Å². The van der Waals surface area contributed by atoms with Gasteiger partial charge in [0.2, 0.25) is 0 Å². The van der Waals surface area contributed by atoms with E-state index in [-0.39, 0.29) is 24.1 Å². The topological polar surface area (TPSA) is 65.0 Å². The fourth-order valence-corrected chi connectivity index (χ4v) is 5.83. The van der Waals surface area contributed by atoms with Crippen molar-refractivity contribution >= 4 is 29.3 Å². The van der Waals surface area contributed by atoms with Gasteiger partial charge in [-0.15, -0.1) is 11.8 Å². The molecule has 0 amide bonds. The van der Waals surface area contributed by atoms with Crippen LogP contribution in [0.2, 0.25) is 5.02 Å². The molecule has 0 bridgehead atoms. The van der Waals surface area contributed by atoms with Gasteiger partial charge in [0.1, 0.15) is 5.75 Å². The van der Waals surface area contributed by atoms with E-state index in [2.05, 4.69) is 18.2 Å². The second-order valence-corrected chi connectivity index (χ2v) is 11.0. The number of carbonyl (C=O) groups is 1. The lowest BCUT2D eigenvalue weighted by atomic mass is 9.88. The maximum atomic E-state index is 11.9. The van der Waals surface area contributed by atoms with Gasteiger partial charge in [-0.2, -0.15) is 0 Å². The molecule has 1 aliphatic rings. The van der Waals surface area contributed by atoms with E-state index in [0.29, 0.717) is 42.4 Å². The Morgan fingerprint density at radius 3 is 2.47 bits per heavy atom. The quantitative estimate of drug-likeness (QED) is 0.212. The molecule has 3 aromatic rings. The van der Waals surface area contributed by atoms with Crippen molar-refractivity contribution in [3.8, 4) is 5.75 Å². The fraction of sp³-hybridized carbons (Fsp3) is 0.387. The molecule has 4 unspecified atom stereocenters. The smallest absolute Gasteiger partial charge is 0.338 e. The molecule has 1 N–H and O–H groups in total. The molecule has 0 radical (unpaired) electrons. The van der Waals surface area contributed by atoms with Gasteiger partial charge >= 0.3 is 5.97 Å². The van der Waals surface area contributed by atoms with E-state index >= 15 is 0 Å². The summed E-state index contributed by atoms with van der Waals surface area (Å²) in [5.41, 5.74) is 3.74. The van der Waals surface area contributed by atoms with E-state index in [1.165, 1.54) is 0 Å². The summed E-state index contributed by atoms with van der Waals surface area (Å²) in [6, 6.07) is 21.5. The van der Waals surface area contributed by atoms with E-state index in [1.807, 2.05) is 50.2 Å². The van der Waals surface area contributed by atoms with Crippen molar-refractivity contribution in [1.82, 2.24) is 0 Å². The standard InChI is InChI=1S/C31H35ClO5S/c1-4-35-25-11-6-21(7-12-25)16-24-17-23(10-15-27(24)32)29-18-28(33)20(3)30(37-29)19-38-26-13-8-22(9-14-26)31(34)36-5-2/h6-15,17,20,28-30,33H,4-5,16,18-19H2,1-3H3. The third-order valence-corrected chi connectivity index (χ3v) is 8.31. The van der Waals surface area contributed by atoms with E-state index in [1.54, 1.807) is 30.8 Å². The predicted octanol–water partition coefficient (Wildman–Crippen LogP) is 7.13. The highest BCUT2D eigenvalue weighted by Gasteiger charge is 2.35. The molecule has 5 nitrogen and oxygen atoms in total. The number of hydrogen-bond acceptors (Lipinski definition) is 6. The van der Waals surface area contributed by atoms with Crippen LogP contribution in [0.4, 0.5) is 0 Å². The molecule has 1 heterocycles. The van der Waals surface area contributed by atoms with Crippen LogP contribution in [0.25, 0.3) is 0 Å². The van der Waals surface area contributed by atoms with Crippen LogP contribution in [-0.2, 0) is 15.9 Å². The van der Waals surface area contributed by atoms with Crippen LogP contribution >= 0.6 is 23.4 Å². The number of aliphatic hydroxyl groups excluding tert-OH is 1. The zero-order chi connectivity index (χ0) is 27.1. The van der Waals surface area contributed by atoms with Crippen LogP contribution < -0.4 is 4.74 Å². The largest absolute Gasteiger partial charge is 0.494 e. The summed E-state index contributed by atoms with van der Waals surface area (Å²) in [4.78, 5) is 12.9. The average molecular weight is 555 g/mol. The molecule has 38 heavy (non-hydrogen) atoms. The van der Waals surface area contributed by atoms with Crippen LogP contribution in [-0.4, -0.2) is 42.3 Å². The lowest BCUT2D eigenvalue weighted by Crippen LogP contribution is -2.41. The first kappa shape index (κ1) is 28.5. The van der Waals surface area contributed by atoms with Gasteiger partial charge in [0.15, 0.2) is 0 Å². The predicted molar refractivity (Wildman–Crippen MR) is 152 cm³/mol. The Kier molecular flexibility index (Phi) is 10.1. The lowest BCUT2D eigenvalue weighted by molar-refractivity contribution is -0.123. The lowest BCUT2D eigenvalue weighted by Gasteiger charge is -2.38. The number of ether oxygens (including phenoxy) is 3. The molecule has 4 atom stereocenters. The minimum atomic E-state index is -0.462. The molecule has 1 saturated heterocycles. The van der Waals surface area contributed by atoms with Gasteiger partial charge in [0.25, 0.3) is 0 Å². The van der Waals surface area contributed by atoms with Crippen molar-refractivity contribution < 1.29 is 24.1 Å². The zero-order valence-electron chi connectivity index (χ0n) is 22.1. The van der Waals surface area contributed by atoms with Crippen molar-refractivity contribution in [2.75, 3.05) is 19.0 Å². The molecular weight excluding hydrogens is 520 g/mol. The summed E-state index contributed by atoms with van der Waals surface area (Å²) in [7, 11) is 0. The van der Waals surface area contributed by atoms with Gasteiger partial charge in [-0.05, 0) is 79.4 Å². The molecule has 0 spiro atoms. The number of rotatable bonds is 10. The number of benzene rings is 3. The van der Waals surface area contributed by atoms with Crippen molar-refractivity contribution in [2.24, 2.45) is 5.92 Å². The summed E-state index contributed by atoms with van der Waals surface area (Å²) in [5, 5.41) is 11.6. The van der Waals surface area contributed by atoms with Gasteiger partial charge in [0.05, 0.1) is 37.1 Å². The number of thioether (sulfide) groups is 1. The van der Waals surface area contributed by atoms with Crippen molar-refractivity contribution in [1.29, 1.82) is 0 Å². The summed E-state index contributed by atoms with van der Waals surface area (Å²) in [6.07, 6.45) is 0.445.